The average Bonchev–Trinajstić information content (AvgIpc) is 3.27. The van der Waals surface area contributed by atoms with Gasteiger partial charge in [-0.15, -0.1) is 23.2 Å². The second kappa shape index (κ2) is 7.60. The Bertz CT molecular complexity index is 578. The molecular weight excluding hydrogens is 371 g/mol. The number of fused-ring (bicyclic) bond motifs is 3. The van der Waals surface area contributed by atoms with E-state index >= 15 is 0 Å². The lowest BCUT2D eigenvalue weighted by atomic mass is 9.65. The van der Waals surface area contributed by atoms with Crippen LogP contribution in [0, 0.1) is 23.7 Å². The maximum Gasteiger partial charge on any atom is 0.248 e. The molecule has 0 aromatic carbocycles. The Kier molecular flexibility index (Phi) is 5.56. The first-order chi connectivity index (χ1) is 12.5. The third-order valence-corrected chi connectivity index (χ3v) is 8.52. The van der Waals surface area contributed by atoms with Crippen molar-refractivity contribution in [1.29, 1.82) is 0 Å². The molecule has 3 fully saturated rings. The summed E-state index contributed by atoms with van der Waals surface area (Å²) in [5, 5.41) is 9.12. The van der Waals surface area contributed by atoms with E-state index in [0.29, 0.717) is 24.3 Å². The van der Waals surface area contributed by atoms with E-state index in [4.69, 9.17) is 28.2 Å². The molecule has 2 aliphatic carbocycles. The van der Waals surface area contributed by atoms with Crippen molar-refractivity contribution >= 4 is 34.8 Å². The number of piperidine rings is 1. The van der Waals surface area contributed by atoms with Crippen LogP contribution in [0.25, 0.3) is 0 Å². The van der Waals surface area contributed by atoms with Gasteiger partial charge in [0.15, 0.2) is 0 Å². The fourth-order valence-corrected chi connectivity index (χ4v) is 6.94. The fraction of sp³-hybridized carbons (Fsp3) is 0.900. The van der Waals surface area contributed by atoms with E-state index in [9.17, 15) is 9.90 Å². The quantitative estimate of drug-likeness (QED) is 0.737. The summed E-state index contributed by atoms with van der Waals surface area (Å²) in [5.41, 5.74) is 1.11. The molecule has 0 bridgehead atoms. The van der Waals surface area contributed by atoms with Crippen molar-refractivity contribution < 1.29 is 9.90 Å². The second-order valence-electron chi connectivity index (χ2n) is 8.80. The lowest BCUT2D eigenvalue weighted by molar-refractivity contribution is -0.139. The standard InChI is InChI=1S/C20H30Cl2N2O2/c1-11-17-15(6-7-24(11)16(26)10-25)23-20-18(17)13(9-14(21)19(20)22)8-12-4-2-3-5-12/h11-15,17-19,25H,2-10H2,1H3/t11-,13?,14?,15?,17?,18?,19?/m0/s1. The fourth-order valence-electron chi connectivity index (χ4n) is 6.27. The molecule has 0 radical (unpaired) electrons. The van der Waals surface area contributed by atoms with E-state index < -0.39 is 6.61 Å². The van der Waals surface area contributed by atoms with E-state index in [1.54, 1.807) is 0 Å². The highest BCUT2D eigenvalue weighted by molar-refractivity contribution is 6.39. The van der Waals surface area contributed by atoms with E-state index in [2.05, 4.69) is 6.92 Å². The van der Waals surface area contributed by atoms with Crippen molar-refractivity contribution in [2.45, 2.75) is 74.7 Å². The van der Waals surface area contributed by atoms with Gasteiger partial charge in [0.2, 0.25) is 5.91 Å². The number of carbonyl (C=O) groups is 1. The molecular formula is C20H30Cl2N2O2. The highest BCUT2D eigenvalue weighted by Gasteiger charge is 2.54. The van der Waals surface area contributed by atoms with Gasteiger partial charge in [0.1, 0.15) is 6.61 Å². The molecule has 2 heterocycles. The molecule has 1 saturated heterocycles. The van der Waals surface area contributed by atoms with Gasteiger partial charge in [-0.1, -0.05) is 25.7 Å². The number of halogens is 2. The van der Waals surface area contributed by atoms with Gasteiger partial charge in [-0.2, -0.15) is 0 Å². The monoisotopic (exact) mass is 400 g/mol. The van der Waals surface area contributed by atoms with E-state index in [-0.39, 0.29) is 28.7 Å². The van der Waals surface area contributed by atoms with Crippen LogP contribution in [0.4, 0.5) is 0 Å². The van der Waals surface area contributed by atoms with Gasteiger partial charge in [0.05, 0.1) is 16.8 Å². The van der Waals surface area contributed by atoms with Crippen LogP contribution in [0.3, 0.4) is 0 Å². The minimum atomic E-state index is -0.409. The number of amides is 1. The van der Waals surface area contributed by atoms with Crippen molar-refractivity contribution in [3.63, 3.8) is 0 Å². The van der Waals surface area contributed by atoms with Crippen LogP contribution in [-0.2, 0) is 4.79 Å². The zero-order chi connectivity index (χ0) is 18.4. The van der Waals surface area contributed by atoms with Gasteiger partial charge in [-0.3, -0.25) is 9.79 Å². The number of aliphatic imine (C=N–C) groups is 1. The molecule has 4 aliphatic rings. The highest BCUT2D eigenvalue weighted by atomic mass is 35.5. The summed E-state index contributed by atoms with van der Waals surface area (Å²) in [6.07, 6.45) is 8.43. The topological polar surface area (TPSA) is 52.9 Å². The van der Waals surface area contributed by atoms with Gasteiger partial charge in [0, 0.05) is 30.1 Å². The van der Waals surface area contributed by atoms with Crippen LogP contribution in [-0.4, -0.2) is 57.6 Å². The van der Waals surface area contributed by atoms with Gasteiger partial charge in [-0.05, 0) is 38.0 Å². The Labute approximate surface area is 166 Å². The van der Waals surface area contributed by atoms with Crippen LogP contribution in [0.2, 0.25) is 0 Å². The van der Waals surface area contributed by atoms with Crippen LogP contribution in [0.15, 0.2) is 4.99 Å². The predicted molar refractivity (Wildman–Crippen MR) is 105 cm³/mol. The number of aliphatic hydroxyl groups excluding tert-OH is 1. The number of carbonyl (C=O) groups excluding carboxylic acids is 1. The summed E-state index contributed by atoms with van der Waals surface area (Å²) in [4.78, 5) is 19.1. The van der Waals surface area contributed by atoms with Crippen molar-refractivity contribution in [2.24, 2.45) is 28.7 Å². The number of hydrogen-bond acceptors (Lipinski definition) is 3. The van der Waals surface area contributed by atoms with Crippen molar-refractivity contribution in [1.82, 2.24) is 4.90 Å². The molecule has 4 rings (SSSR count). The lowest BCUT2D eigenvalue weighted by Gasteiger charge is -2.46. The normalized spacial score (nSPS) is 43.2. The minimum absolute atomic E-state index is 0.0382. The second-order valence-corrected chi connectivity index (χ2v) is 9.83. The van der Waals surface area contributed by atoms with Gasteiger partial charge in [-0.25, -0.2) is 0 Å². The van der Waals surface area contributed by atoms with Gasteiger partial charge < -0.3 is 10.0 Å². The molecule has 7 atom stereocenters. The average molecular weight is 401 g/mol. The molecule has 146 valence electrons. The molecule has 4 nitrogen and oxygen atoms in total. The van der Waals surface area contributed by atoms with E-state index in [1.165, 1.54) is 32.1 Å². The van der Waals surface area contributed by atoms with Crippen LogP contribution in [0.5, 0.6) is 0 Å². The molecule has 2 aliphatic heterocycles. The van der Waals surface area contributed by atoms with Crippen molar-refractivity contribution in [3.05, 3.63) is 0 Å². The Morgan fingerprint density at radius 3 is 2.69 bits per heavy atom. The van der Waals surface area contributed by atoms with Crippen LogP contribution >= 0.6 is 23.2 Å². The first-order valence-corrected chi connectivity index (χ1v) is 11.1. The Balaban J connectivity index is 1.60. The molecule has 2 saturated carbocycles. The summed E-state index contributed by atoms with van der Waals surface area (Å²) in [6, 6.07) is 0.350. The Morgan fingerprint density at radius 2 is 2.00 bits per heavy atom. The predicted octanol–water partition coefficient (Wildman–Crippen LogP) is 3.47. The van der Waals surface area contributed by atoms with Crippen LogP contribution < -0.4 is 0 Å². The molecule has 6 heteroatoms. The van der Waals surface area contributed by atoms with Crippen molar-refractivity contribution in [3.8, 4) is 0 Å². The molecule has 1 amide bonds. The van der Waals surface area contributed by atoms with Crippen molar-refractivity contribution in [2.75, 3.05) is 13.2 Å². The number of alkyl halides is 2. The maximum atomic E-state index is 12.2. The highest BCUT2D eigenvalue weighted by Crippen LogP contribution is 2.50. The number of rotatable bonds is 3. The third-order valence-electron chi connectivity index (χ3n) is 7.43. The summed E-state index contributed by atoms with van der Waals surface area (Å²) in [6.45, 7) is 2.40. The summed E-state index contributed by atoms with van der Waals surface area (Å²) >= 11 is 13.3. The zero-order valence-corrected chi connectivity index (χ0v) is 17.0. The third kappa shape index (κ3) is 3.20. The number of likely N-dealkylation sites (tertiary alicyclic amines) is 1. The zero-order valence-electron chi connectivity index (χ0n) is 15.5. The molecule has 6 unspecified atom stereocenters. The van der Waals surface area contributed by atoms with Crippen LogP contribution in [0.1, 0.15) is 51.9 Å². The van der Waals surface area contributed by atoms with E-state index in [0.717, 1.165) is 24.5 Å². The lowest BCUT2D eigenvalue weighted by Crippen LogP contribution is -2.55. The van der Waals surface area contributed by atoms with Gasteiger partial charge in [0.25, 0.3) is 0 Å². The summed E-state index contributed by atoms with van der Waals surface area (Å²) in [7, 11) is 0. The van der Waals surface area contributed by atoms with Gasteiger partial charge >= 0.3 is 0 Å². The SMILES string of the molecule is C[C@H]1C2C(CCN1C(=O)CO)N=C1C(Cl)C(Cl)CC(CC3CCCC3)C12. The number of nitrogens with zero attached hydrogens (tertiary/aromatic N) is 2. The Hall–Kier alpha value is -0.320. The largest absolute Gasteiger partial charge is 0.387 e. The smallest absolute Gasteiger partial charge is 0.248 e. The summed E-state index contributed by atoms with van der Waals surface area (Å²) < 4.78 is 0. The molecule has 0 spiro atoms. The Morgan fingerprint density at radius 1 is 1.27 bits per heavy atom. The molecule has 0 aromatic rings. The maximum absolute atomic E-state index is 12.2. The minimum Gasteiger partial charge on any atom is -0.387 e. The molecule has 0 aromatic heterocycles. The number of aliphatic hydroxyl groups is 1. The molecule has 1 N–H and O–H groups in total. The first kappa shape index (κ1) is 19.0. The summed E-state index contributed by atoms with van der Waals surface area (Å²) in [5.74, 6) is 1.85. The number of hydrogen-bond donors (Lipinski definition) is 1. The first-order valence-electron chi connectivity index (χ1n) is 10.3. The van der Waals surface area contributed by atoms with E-state index in [1.807, 2.05) is 4.90 Å². The molecule has 26 heavy (non-hydrogen) atoms.